The molecule has 2 aromatic rings. The van der Waals surface area contributed by atoms with Crippen molar-refractivity contribution in [1.29, 1.82) is 0 Å². The number of rotatable bonds is 2. The second-order valence-corrected chi connectivity index (χ2v) is 6.93. The lowest BCUT2D eigenvalue weighted by Gasteiger charge is -2.33. The fraction of sp³-hybridized carbons (Fsp3) is 0.588. The highest BCUT2D eigenvalue weighted by Gasteiger charge is 2.28. The number of hydrogen-bond acceptors (Lipinski definition) is 4. The molecule has 0 aromatic carbocycles. The van der Waals surface area contributed by atoms with E-state index in [-0.39, 0.29) is 0 Å². The van der Waals surface area contributed by atoms with Gasteiger partial charge in [0.15, 0.2) is 0 Å². The van der Waals surface area contributed by atoms with Crippen LogP contribution in [0.15, 0.2) is 18.2 Å². The van der Waals surface area contributed by atoms with Gasteiger partial charge < -0.3 is 9.47 Å². The molecule has 0 N–H and O–H groups in total. The third-order valence-electron chi connectivity index (χ3n) is 4.95. The Morgan fingerprint density at radius 2 is 2.00 bits per heavy atom. The average Bonchev–Trinajstić information content (AvgIpc) is 2.84. The van der Waals surface area contributed by atoms with Crippen molar-refractivity contribution in [2.75, 3.05) is 18.0 Å². The molecule has 5 nitrogen and oxygen atoms in total. The fourth-order valence-electron chi connectivity index (χ4n) is 3.78. The zero-order chi connectivity index (χ0) is 15.6. The van der Waals surface area contributed by atoms with Crippen LogP contribution in [0.2, 0.25) is 5.15 Å². The van der Waals surface area contributed by atoms with E-state index in [1.165, 1.54) is 37.3 Å². The number of hydrogen-bond donors (Lipinski definition) is 0. The Labute approximate surface area is 141 Å². The topological polar surface area (TPSA) is 46.8 Å². The van der Waals surface area contributed by atoms with E-state index in [1.54, 1.807) is 0 Å². The number of pyridine rings is 1. The largest absolute Gasteiger partial charge is 0.356 e. The lowest BCUT2D eigenvalue weighted by molar-refractivity contribution is 0.464. The average molecular weight is 332 g/mol. The molecule has 0 amide bonds. The van der Waals surface area contributed by atoms with Gasteiger partial charge in [-0.05, 0) is 37.8 Å². The SMILES string of the molecule is Clc1cccc(N2CCC[C@H](c3nnc4n3CCCCC4)C2)n1. The van der Waals surface area contributed by atoms with Crippen LogP contribution >= 0.6 is 11.6 Å². The molecule has 1 saturated heterocycles. The molecule has 6 heteroatoms. The molecule has 0 bridgehead atoms. The highest BCUT2D eigenvalue weighted by atomic mass is 35.5. The van der Waals surface area contributed by atoms with Crippen LogP contribution in [0, 0.1) is 0 Å². The Hall–Kier alpha value is -1.62. The summed E-state index contributed by atoms with van der Waals surface area (Å²) in [6.45, 7) is 3.06. The third kappa shape index (κ3) is 3.07. The Morgan fingerprint density at radius 1 is 1.04 bits per heavy atom. The van der Waals surface area contributed by atoms with Crippen LogP contribution in [0.4, 0.5) is 5.82 Å². The number of fused-ring (bicyclic) bond motifs is 1. The van der Waals surface area contributed by atoms with E-state index in [4.69, 9.17) is 11.6 Å². The molecule has 122 valence electrons. The van der Waals surface area contributed by atoms with Crippen molar-refractivity contribution in [3.63, 3.8) is 0 Å². The van der Waals surface area contributed by atoms with Gasteiger partial charge in [-0.1, -0.05) is 24.1 Å². The smallest absolute Gasteiger partial charge is 0.137 e. The maximum Gasteiger partial charge on any atom is 0.137 e. The van der Waals surface area contributed by atoms with Gasteiger partial charge in [0.25, 0.3) is 0 Å². The monoisotopic (exact) mass is 331 g/mol. The molecular formula is C17H22ClN5. The van der Waals surface area contributed by atoms with Gasteiger partial charge in [-0.2, -0.15) is 0 Å². The summed E-state index contributed by atoms with van der Waals surface area (Å²) in [6.07, 6.45) is 7.17. The highest BCUT2D eigenvalue weighted by molar-refractivity contribution is 6.29. The van der Waals surface area contributed by atoms with E-state index in [1.807, 2.05) is 18.2 Å². The Kier molecular flexibility index (Phi) is 4.21. The molecule has 1 fully saturated rings. The Morgan fingerprint density at radius 3 is 2.91 bits per heavy atom. The van der Waals surface area contributed by atoms with Gasteiger partial charge in [-0.25, -0.2) is 4.98 Å². The van der Waals surface area contributed by atoms with E-state index >= 15 is 0 Å². The molecule has 1 atom stereocenters. The highest BCUT2D eigenvalue weighted by Crippen LogP contribution is 2.30. The lowest BCUT2D eigenvalue weighted by atomic mass is 9.97. The minimum Gasteiger partial charge on any atom is -0.356 e. The summed E-state index contributed by atoms with van der Waals surface area (Å²) in [5.41, 5.74) is 0. The van der Waals surface area contributed by atoms with Gasteiger partial charge in [-0.15, -0.1) is 10.2 Å². The molecule has 4 heterocycles. The second kappa shape index (κ2) is 6.48. The van der Waals surface area contributed by atoms with Crippen molar-refractivity contribution >= 4 is 17.4 Å². The first-order valence-electron chi connectivity index (χ1n) is 8.61. The quantitative estimate of drug-likeness (QED) is 0.791. The van der Waals surface area contributed by atoms with Crippen LogP contribution in [0.25, 0.3) is 0 Å². The van der Waals surface area contributed by atoms with Crippen molar-refractivity contribution in [3.8, 4) is 0 Å². The Balaban J connectivity index is 1.57. The van der Waals surface area contributed by atoms with Crippen molar-refractivity contribution in [2.24, 2.45) is 0 Å². The van der Waals surface area contributed by atoms with Gasteiger partial charge in [0.1, 0.15) is 22.6 Å². The molecule has 0 saturated carbocycles. The number of piperidine rings is 1. The first-order valence-corrected chi connectivity index (χ1v) is 8.98. The molecular weight excluding hydrogens is 310 g/mol. The zero-order valence-corrected chi connectivity index (χ0v) is 14.0. The summed E-state index contributed by atoms with van der Waals surface area (Å²) in [5.74, 6) is 3.76. The van der Waals surface area contributed by atoms with Gasteiger partial charge >= 0.3 is 0 Å². The lowest BCUT2D eigenvalue weighted by Crippen LogP contribution is -2.36. The van der Waals surface area contributed by atoms with Crippen molar-refractivity contribution in [2.45, 2.75) is 51.0 Å². The molecule has 0 spiro atoms. The number of aromatic nitrogens is 4. The maximum atomic E-state index is 6.05. The molecule has 2 aliphatic rings. The van der Waals surface area contributed by atoms with Crippen LogP contribution in [0.3, 0.4) is 0 Å². The summed E-state index contributed by atoms with van der Waals surface area (Å²) in [7, 11) is 0. The molecule has 0 aliphatic carbocycles. The summed E-state index contributed by atoms with van der Waals surface area (Å²) in [4.78, 5) is 6.80. The van der Waals surface area contributed by atoms with Crippen LogP contribution in [-0.4, -0.2) is 32.8 Å². The van der Waals surface area contributed by atoms with Crippen LogP contribution in [-0.2, 0) is 13.0 Å². The van der Waals surface area contributed by atoms with Gasteiger partial charge in [-0.3, -0.25) is 0 Å². The standard InChI is InChI=1S/C17H22ClN5/c18-14-7-4-9-15(19-14)22-10-5-6-13(12-22)17-21-20-16-8-2-1-3-11-23(16)17/h4,7,9,13H,1-3,5-6,8,10-12H2/t13-/m0/s1. The zero-order valence-electron chi connectivity index (χ0n) is 13.3. The summed E-state index contributed by atoms with van der Waals surface area (Å²) >= 11 is 6.05. The maximum absolute atomic E-state index is 6.05. The van der Waals surface area contributed by atoms with Crippen LogP contribution < -0.4 is 4.90 Å². The van der Waals surface area contributed by atoms with Crippen molar-refractivity contribution < 1.29 is 0 Å². The number of anilines is 1. The van der Waals surface area contributed by atoms with Crippen LogP contribution in [0.5, 0.6) is 0 Å². The van der Waals surface area contributed by atoms with Crippen LogP contribution in [0.1, 0.15) is 49.7 Å². The minimum absolute atomic E-state index is 0.434. The van der Waals surface area contributed by atoms with E-state index < -0.39 is 0 Å². The third-order valence-corrected chi connectivity index (χ3v) is 5.16. The molecule has 23 heavy (non-hydrogen) atoms. The van der Waals surface area contributed by atoms with E-state index in [9.17, 15) is 0 Å². The number of halogens is 1. The molecule has 4 rings (SSSR count). The summed E-state index contributed by atoms with van der Waals surface area (Å²) < 4.78 is 2.38. The molecule has 2 aliphatic heterocycles. The number of aryl methyl sites for hydroxylation is 1. The normalized spacial score (nSPS) is 21.8. The van der Waals surface area contributed by atoms with Gasteiger partial charge in [0.05, 0.1) is 0 Å². The van der Waals surface area contributed by atoms with Gasteiger partial charge in [0.2, 0.25) is 0 Å². The fourth-order valence-corrected chi connectivity index (χ4v) is 3.94. The predicted octanol–water partition coefficient (Wildman–Crippen LogP) is 3.44. The second-order valence-electron chi connectivity index (χ2n) is 6.54. The summed E-state index contributed by atoms with van der Waals surface area (Å²) in [6, 6.07) is 5.83. The van der Waals surface area contributed by atoms with Crippen molar-refractivity contribution in [1.82, 2.24) is 19.7 Å². The van der Waals surface area contributed by atoms with Gasteiger partial charge in [0, 0.05) is 32.0 Å². The minimum atomic E-state index is 0.434. The first-order chi connectivity index (χ1) is 11.3. The molecule has 0 radical (unpaired) electrons. The van der Waals surface area contributed by atoms with E-state index in [2.05, 4.69) is 24.6 Å². The molecule has 0 unspecified atom stereocenters. The van der Waals surface area contributed by atoms with E-state index in [0.717, 1.165) is 38.3 Å². The summed E-state index contributed by atoms with van der Waals surface area (Å²) in [5, 5.41) is 9.57. The first kappa shape index (κ1) is 14.9. The molecule has 2 aromatic heterocycles. The van der Waals surface area contributed by atoms with E-state index in [0.29, 0.717) is 11.1 Å². The number of nitrogens with zero attached hydrogens (tertiary/aromatic N) is 5. The predicted molar refractivity (Wildman–Crippen MR) is 91.0 cm³/mol. The Bertz CT molecular complexity index is 683. The van der Waals surface area contributed by atoms with Crippen molar-refractivity contribution in [3.05, 3.63) is 35.0 Å².